The highest BCUT2D eigenvalue weighted by Gasteiger charge is 2.22. The molecule has 0 aliphatic rings. The lowest BCUT2D eigenvalue weighted by atomic mass is 10.1. The van der Waals surface area contributed by atoms with Gasteiger partial charge in [-0.15, -0.1) is 11.3 Å². The monoisotopic (exact) mass is 305 g/mol. The predicted molar refractivity (Wildman–Crippen MR) is 83.5 cm³/mol. The van der Waals surface area contributed by atoms with E-state index < -0.39 is 0 Å². The van der Waals surface area contributed by atoms with Crippen molar-refractivity contribution in [3.05, 3.63) is 45.9 Å². The first-order chi connectivity index (χ1) is 10.0. The molecule has 0 saturated heterocycles. The molecule has 2 aromatic rings. The first-order valence-corrected chi connectivity index (χ1v) is 7.62. The molecule has 1 atom stereocenters. The van der Waals surface area contributed by atoms with Crippen molar-refractivity contribution in [2.75, 3.05) is 13.6 Å². The number of rotatable bonds is 5. The minimum atomic E-state index is -0.238. The molecule has 112 valence electrons. The molecule has 6 heteroatoms. The van der Waals surface area contributed by atoms with Crippen LogP contribution < -0.4 is 5.73 Å². The van der Waals surface area contributed by atoms with E-state index in [0.29, 0.717) is 24.2 Å². The Bertz CT molecular complexity index is 627. The second-order valence-electron chi connectivity index (χ2n) is 4.82. The van der Waals surface area contributed by atoms with Gasteiger partial charge in [0.1, 0.15) is 11.4 Å². The van der Waals surface area contributed by atoms with Crippen molar-refractivity contribution in [1.82, 2.24) is 9.88 Å². The number of nitrogens with zero attached hydrogens (tertiary/aromatic N) is 2. The summed E-state index contributed by atoms with van der Waals surface area (Å²) in [6.45, 7) is 2.39. The molecule has 0 saturated carbocycles. The summed E-state index contributed by atoms with van der Waals surface area (Å²) in [5, 5.41) is 12.5. The number of benzene rings is 1. The number of phenols is 1. The van der Waals surface area contributed by atoms with Crippen LogP contribution >= 0.6 is 11.3 Å². The lowest BCUT2D eigenvalue weighted by Gasteiger charge is -2.25. The molecule has 5 nitrogen and oxygen atoms in total. The van der Waals surface area contributed by atoms with Crippen LogP contribution in [0.5, 0.6) is 5.75 Å². The van der Waals surface area contributed by atoms with Gasteiger partial charge in [0.25, 0.3) is 5.91 Å². The third-order valence-corrected chi connectivity index (χ3v) is 4.33. The molecular weight excluding hydrogens is 286 g/mol. The fraction of sp³-hybridized carbons (Fsp3) is 0.333. The van der Waals surface area contributed by atoms with Gasteiger partial charge in [-0.1, -0.05) is 18.2 Å². The molecule has 0 fully saturated rings. The van der Waals surface area contributed by atoms with E-state index in [0.717, 1.165) is 5.01 Å². The SMILES string of the molecule is CC(c1ccccc1O)N(C)C(=O)c1csc(CCN)n1. The molecule has 1 amide bonds. The van der Waals surface area contributed by atoms with Crippen LogP contribution in [0.2, 0.25) is 0 Å². The summed E-state index contributed by atoms with van der Waals surface area (Å²) >= 11 is 1.44. The zero-order valence-electron chi connectivity index (χ0n) is 12.1. The van der Waals surface area contributed by atoms with Crippen molar-refractivity contribution in [1.29, 1.82) is 0 Å². The lowest BCUT2D eigenvalue weighted by molar-refractivity contribution is 0.0736. The van der Waals surface area contributed by atoms with Crippen LogP contribution in [-0.2, 0) is 6.42 Å². The highest BCUT2D eigenvalue weighted by molar-refractivity contribution is 7.09. The Labute approximate surface area is 128 Å². The number of hydrogen-bond acceptors (Lipinski definition) is 5. The molecule has 0 spiro atoms. The zero-order valence-corrected chi connectivity index (χ0v) is 12.9. The number of amides is 1. The summed E-state index contributed by atoms with van der Waals surface area (Å²) in [7, 11) is 1.71. The van der Waals surface area contributed by atoms with Gasteiger partial charge in [-0.2, -0.15) is 0 Å². The quantitative estimate of drug-likeness (QED) is 0.887. The number of thiazole rings is 1. The van der Waals surface area contributed by atoms with E-state index in [1.807, 2.05) is 19.1 Å². The normalized spacial score (nSPS) is 12.1. The van der Waals surface area contributed by atoms with Gasteiger partial charge in [0.15, 0.2) is 0 Å². The average molecular weight is 305 g/mol. The van der Waals surface area contributed by atoms with Crippen molar-refractivity contribution < 1.29 is 9.90 Å². The minimum Gasteiger partial charge on any atom is -0.508 e. The first-order valence-electron chi connectivity index (χ1n) is 6.74. The molecule has 3 N–H and O–H groups in total. The number of nitrogens with two attached hydrogens (primary N) is 1. The topological polar surface area (TPSA) is 79.5 Å². The van der Waals surface area contributed by atoms with Gasteiger partial charge in [0.05, 0.1) is 11.0 Å². The standard InChI is InChI=1S/C15H19N3O2S/c1-10(11-5-3-4-6-13(11)19)18(2)15(20)12-9-21-14(17-12)7-8-16/h3-6,9-10,19H,7-8,16H2,1-2H3. The minimum absolute atomic E-state index is 0.162. The van der Waals surface area contributed by atoms with Crippen molar-refractivity contribution in [2.45, 2.75) is 19.4 Å². The van der Waals surface area contributed by atoms with E-state index in [1.165, 1.54) is 11.3 Å². The van der Waals surface area contributed by atoms with Gasteiger partial charge < -0.3 is 15.7 Å². The average Bonchev–Trinajstić information content (AvgIpc) is 2.94. The molecule has 0 aliphatic heterocycles. The second-order valence-corrected chi connectivity index (χ2v) is 5.76. The van der Waals surface area contributed by atoms with Crippen molar-refractivity contribution in [2.24, 2.45) is 5.73 Å². The van der Waals surface area contributed by atoms with Crippen LogP contribution in [0.4, 0.5) is 0 Å². The molecule has 1 heterocycles. The third-order valence-electron chi connectivity index (χ3n) is 3.42. The highest BCUT2D eigenvalue weighted by Crippen LogP contribution is 2.28. The molecule has 1 aromatic heterocycles. The summed E-state index contributed by atoms with van der Waals surface area (Å²) in [5.74, 6) is 0.0250. The maximum Gasteiger partial charge on any atom is 0.273 e. The molecule has 21 heavy (non-hydrogen) atoms. The predicted octanol–water partition coefficient (Wildman–Crippen LogP) is 2.18. The van der Waals surface area contributed by atoms with Crippen molar-refractivity contribution in [3.8, 4) is 5.75 Å². The molecular formula is C15H19N3O2S. The van der Waals surface area contributed by atoms with Crippen LogP contribution in [0.1, 0.15) is 34.0 Å². The largest absolute Gasteiger partial charge is 0.508 e. The second kappa shape index (κ2) is 6.69. The van der Waals surface area contributed by atoms with E-state index in [9.17, 15) is 9.90 Å². The molecule has 0 radical (unpaired) electrons. The Morgan fingerprint density at radius 1 is 1.48 bits per heavy atom. The smallest absolute Gasteiger partial charge is 0.273 e. The summed E-state index contributed by atoms with van der Waals surface area (Å²) < 4.78 is 0. The number of aromatic hydroxyl groups is 1. The maximum absolute atomic E-state index is 12.4. The number of carbonyl (C=O) groups excluding carboxylic acids is 1. The summed E-state index contributed by atoms with van der Waals surface area (Å²) in [6.07, 6.45) is 0.677. The van der Waals surface area contributed by atoms with Gasteiger partial charge in [-0.05, 0) is 19.5 Å². The van der Waals surface area contributed by atoms with Crippen molar-refractivity contribution in [3.63, 3.8) is 0 Å². The fourth-order valence-corrected chi connectivity index (χ4v) is 2.84. The highest BCUT2D eigenvalue weighted by atomic mass is 32.1. The molecule has 0 aliphatic carbocycles. The molecule has 0 bridgehead atoms. The molecule has 1 aromatic carbocycles. The Balaban J connectivity index is 2.16. The van der Waals surface area contributed by atoms with Crippen LogP contribution in [0.25, 0.3) is 0 Å². The van der Waals surface area contributed by atoms with Gasteiger partial charge in [0.2, 0.25) is 0 Å². The Morgan fingerprint density at radius 3 is 2.86 bits per heavy atom. The number of hydrogen-bond donors (Lipinski definition) is 2. The van der Waals surface area contributed by atoms with Crippen molar-refractivity contribution >= 4 is 17.2 Å². The molecule has 2 rings (SSSR count). The van der Waals surface area contributed by atoms with Crippen LogP contribution in [0.15, 0.2) is 29.6 Å². The van der Waals surface area contributed by atoms with E-state index in [4.69, 9.17) is 5.73 Å². The van der Waals surface area contributed by atoms with Gasteiger partial charge in [-0.25, -0.2) is 4.98 Å². The Hall–Kier alpha value is -1.92. The van der Waals surface area contributed by atoms with E-state index in [-0.39, 0.29) is 17.7 Å². The van der Waals surface area contributed by atoms with E-state index in [1.54, 1.807) is 29.5 Å². The molecule has 1 unspecified atom stereocenters. The summed E-state index contributed by atoms with van der Waals surface area (Å²) in [6, 6.07) is 6.79. The zero-order chi connectivity index (χ0) is 15.4. The van der Waals surface area contributed by atoms with Crippen LogP contribution in [0, 0.1) is 0 Å². The van der Waals surface area contributed by atoms with Gasteiger partial charge in [-0.3, -0.25) is 4.79 Å². The summed E-state index contributed by atoms with van der Waals surface area (Å²) in [4.78, 5) is 18.3. The Kier molecular flexibility index (Phi) is 4.93. The summed E-state index contributed by atoms with van der Waals surface area (Å²) in [5.41, 5.74) is 6.63. The first kappa shape index (κ1) is 15.5. The van der Waals surface area contributed by atoms with E-state index in [2.05, 4.69) is 4.98 Å². The Morgan fingerprint density at radius 2 is 2.19 bits per heavy atom. The van der Waals surface area contributed by atoms with E-state index >= 15 is 0 Å². The van der Waals surface area contributed by atoms with Gasteiger partial charge in [0, 0.05) is 24.4 Å². The van der Waals surface area contributed by atoms with Crippen LogP contribution in [0.3, 0.4) is 0 Å². The number of para-hydroxylation sites is 1. The van der Waals surface area contributed by atoms with Crippen LogP contribution in [-0.4, -0.2) is 34.5 Å². The van der Waals surface area contributed by atoms with Gasteiger partial charge >= 0.3 is 0 Å². The number of carbonyl (C=O) groups is 1. The maximum atomic E-state index is 12.4. The third kappa shape index (κ3) is 3.40. The number of aromatic nitrogens is 1. The lowest BCUT2D eigenvalue weighted by Crippen LogP contribution is -2.30. The number of phenolic OH excluding ortho intramolecular Hbond substituents is 1. The fourth-order valence-electron chi connectivity index (χ4n) is 2.05.